The minimum absolute atomic E-state index is 0.0777. The molecule has 2 aromatic rings. The van der Waals surface area contributed by atoms with Crippen molar-refractivity contribution in [2.24, 2.45) is 0 Å². The summed E-state index contributed by atoms with van der Waals surface area (Å²) in [5, 5.41) is 9.29. The third-order valence-corrected chi connectivity index (χ3v) is 5.05. The number of carboxylic acids is 1. The number of hydrogen-bond acceptors (Lipinski definition) is 2. The number of ether oxygens (including phenoxy) is 1. The lowest BCUT2D eigenvalue weighted by atomic mass is 9.79. The molecule has 3 rings (SSSR count). The van der Waals surface area contributed by atoms with Crippen molar-refractivity contribution in [3.63, 3.8) is 0 Å². The van der Waals surface area contributed by atoms with Crippen LogP contribution in [-0.4, -0.2) is 23.8 Å². The Morgan fingerprint density at radius 2 is 1.73 bits per heavy atom. The van der Waals surface area contributed by atoms with Crippen LogP contribution in [0.1, 0.15) is 54.4 Å². The van der Waals surface area contributed by atoms with E-state index in [0.717, 1.165) is 25.7 Å². The van der Waals surface area contributed by atoms with Crippen molar-refractivity contribution in [2.75, 3.05) is 6.61 Å². The highest BCUT2D eigenvalue weighted by Crippen LogP contribution is 2.41. The quantitative estimate of drug-likeness (QED) is 0.777. The molecule has 0 saturated heterocycles. The van der Waals surface area contributed by atoms with E-state index in [1.807, 2.05) is 6.92 Å². The normalized spacial score (nSPS) is 20.1. The molecule has 1 N–H and O–H groups in total. The molecule has 0 aromatic heterocycles. The maximum atomic E-state index is 15.1. The Hall–Kier alpha value is -2.27. The molecule has 0 spiro atoms. The van der Waals surface area contributed by atoms with E-state index >= 15 is 4.39 Å². The van der Waals surface area contributed by atoms with Gasteiger partial charge in [-0.1, -0.05) is 18.2 Å². The second-order valence-corrected chi connectivity index (χ2v) is 6.63. The van der Waals surface area contributed by atoms with Gasteiger partial charge in [0.15, 0.2) is 0 Å². The Balaban J connectivity index is 2.01. The summed E-state index contributed by atoms with van der Waals surface area (Å²) in [5.41, 5.74) is 1.42. The number of rotatable bonds is 5. The fourth-order valence-electron chi connectivity index (χ4n) is 3.79. The monoisotopic (exact) mass is 360 g/mol. The maximum absolute atomic E-state index is 15.1. The topological polar surface area (TPSA) is 46.5 Å². The second kappa shape index (κ2) is 7.96. The number of hydrogen-bond donors (Lipinski definition) is 1. The molecule has 0 aliphatic heterocycles. The molecule has 0 amide bonds. The minimum Gasteiger partial charge on any atom is -0.478 e. The first-order valence-corrected chi connectivity index (χ1v) is 8.94. The van der Waals surface area contributed by atoms with Crippen LogP contribution in [0.2, 0.25) is 0 Å². The Morgan fingerprint density at radius 3 is 2.31 bits per heavy atom. The molecule has 1 saturated carbocycles. The minimum atomic E-state index is -1.28. The van der Waals surface area contributed by atoms with Gasteiger partial charge in [0.1, 0.15) is 11.6 Å². The van der Waals surface area contributed by atoms with Crippen LogP contribution in [0, 0.1) is 11.6 Å². The van der Waals surface area contributed by atoms with Gasteiger partial charge in [-0.05, 0) is 73.4 Å². The molecule has 138 valence electrons. The zero-order chi connectivity index (χ0) is 18.7. The van der Waals surface area contributed by atoms with Crippen LogP contribution < -0.4 is 0 Å². The molecule has 0 unspecified atom stereocenters. The zero-order valence-corrected chi connectivity index (χ0v) is 14.7. The standard InChI is InChI=1S/C21H22F2O3/c1-2-26-16-9-5-14(6-10-16)19-17(13-3-7-15(22)8-4-13)11-12-18(20(19)23)21(24)25/h3-4,7-8,11-12,14,16H,2,5-6,9-10H2,1H3,(H,24,25). The lowest BCUT2D eigenvalue weighted by Crippen LogP contribution is -2.22. The molecular formula is C21H22F2O3. The summed E-state index contributed by atoms with van der Waals surface area (Å²) in [4.78, 5) is 11.4. The molecule has 1 aliphatic rings. The second-order valence-electron chi connectivity index (χ2n) is 6.63. The van der Waals surface area contributed by atoms with Gasteiger partial charge in [0, 0.05) is 6.61 Å². The van der Waals surface area contributed by atoms with Gasteiger partial charge in [-0.15, -0.1) is 0 Å². The molecular weight excluding hydrogens is 338 g/mol. The fourth-order valence-corrected chi connectivity index (χ4v) is 3.79. The average Bonchev–Trinajstić information content (AvgIpc) is 2.63. The first-order chi connectivity index (χ1) is 12.5. The predicted molar refractivity (Wildman–Crippen MR) is 95.4 cm³/mol. The fraction of sp³-hybridized carbons (Fsp3) is 0.381. The van der Waals surface area contributed by atoms with Crippen molar-refractivity contribution >= 4 is 5.97 Å². The first kappa shape index (κ1) is 18.5. The summed E-state index contributed by atoms with van der Waals surface area (Å²) < 4.78 is 34.0. The van der Waals surface area contributed by atoms with Crippen molar-refractivity contribution in [3.05, 3.63) is 59.2 Å². The molecule has 3 nitrogen and oxygen atoms in total. The summed E-state index contributed by atoms with van der Waals surface area (Å²) in [7, 11) is 0. The molecule has 0 bridgehead atoms. The van der Waals surface area contributed by atoms with Crippen LogP contribution in [0.15, 0.2) is 36.4 Å². The van der Waals surface area contributed by atoms with Crippen molar-refractivity contribution in [1.29, 1.82) is 0 Å². The van der Waals surface area contributed by atoms with Gasteiger partial charge in [0.2, 0.25) is 0 Å². The van der Waals surface area contributed by atoms with Crippen molar-refractivity contribution < 1.29 is 23.4 Å². The summed E-state index contributed by atoms with van der Waals surface area (Å²) >= 11 is 0. The molecule has 0 radical (unpaired) electrons. The van der Waals surface area contributed by atoms with E-state index in [0.29, 0.717) is 23.3 Å². The smallest absolute Gasteiger partial charge is 0.338 e. The summed E-state index contributed by atoms with van der Waals surface area (Å²) in [6.07, 6.45) is 3.28. The summed E-state index contributed by atoms with van der Waals surface area (Å²) in [6.45, 7) is 2.60. The van der Waals surface area contributed by atoms with E-state index in [4.69, 9.17) is 4.74 Å². The number of carboxylic acid groups (broad SMARTS) is 1. The Kier molecular flexibility index (Phi) is 5.67. The van der Waals surface area contributed by atoms with Crippen LogP contribution in [0.4, 0.5) is 8.78 Å². The van der Waals surface area contributed by atoms with E-state index in [-0.39, 0.29) is 23.4 Å². The Bertz CT molecular complexity index is 779. The van der Waals surface area contributed by atoms with Crippen LogP contribution >= 0.6 is 0 Å². The number of halogens is 2. The first-order valence-electron chi connectivity index (χ1n) is 8.94. The van der Waals surface area contributed by atoms with Crippen molar-refractivity contribution in [1.82, 2.24) is 0 Å². The Labute approximate surface area is 151 Å². The van der Waals surface area contributed by atoms with Crippen molar-refractivity contribution in [3.8, 4) is 11.1 Å². The van der Waals surface area contributed by atoms with Gasteiger partial charge in [0.05, 0.1) is 11.7 Å². The number of aromatic carboxylic acids is 1. The van der Waals surface area contributed by atoms with Crippen molar-refractivity contribution in [2.45, 2.75) is 44.6 Å². The maximum Gasteiger partial charge on any atom is 0.338 e. The highest BCUT2D eigenvalue weighted by molar-refractivity contribution is 5.89. The molecule has 0 atom stereocenters. The third-order valence-electron chi connectivity index (χ3n) is 5.05. The average molecular weight is 360 g/mol. The summed E-state index contributed by atoms with van der Waals surface area (Å²) in [6, 6.07) is 8.76. The Morgan fingerprint density at radius 1 is 1.08 bits per heavy atom. The van der Waals surface area contributed by atoms with E-state index in [9.17, 15) is 14.3 Å². The van der Waals surface area contributed by atoms with Crippen LogP contribution in [0.25, 0.3) is 11.1 Å². The van der Waals surface area contributed by atoms with E-state index in [2.05, 4.69) is 0 Å². The van der Waals surface area contributed by atoms with E-state index < -0.39 is 11.8 Å². The molecule has 0 heterocycles. The summed E-state index contributed by atoms with van der Waals surface area (Å²) in [5.74, 6) is -2.40. The molecule has 1 aliphatic carbocycles. The van der Waals surface area contributed by atoms with Gasteiger partial charge < -0.3 is 9.84 Å². The SMILES string of the molecule is CCOC1CCC(c2c(-c3ccc(F)cc3)ccc(C(=O)O)c2F)CC1. The van der Waals surface area contributed by atoms with Gasteiger partial charge in [-0.3, -0.25) is 0 Å². The van der Waals surface area contributed by atoms with E-state index in [1.54, 1.807) is 18.2 Å². The largest absolute Gasteiger partial charge is 0.478 e. The van der Waals surface area contributed by atoms with Gasteiger partial charge in [-0.25, -0.2) is 13.6 Å². The lowest BCUT2D eigenvalue weighted by Gasteiger charge is -2.30. The van der Waals surface area contributed by atoms with Gasteiger partial charge >= 0.3 is 5.97 Å². The van der Waals surface area contributed by atoms with Gasteiger partial charge in [0.25, 0.3) is 0 Å². The van der Waals surface area contributed by atoms with E-state index in [1.165, 1.54) is 18.2 Å². The van der Waals surface area contributed by atoms with Crippen LogP contribution in [-0.2, 0) is 4.74 Å². The highest BCUT2D eigenvalue weighted by atomic mass is 19.1. The highest BCUT2D eigenvalue weighted by Gasteiger charge is 2.29. The number of benzene rings is 2. The number of carbonyl (C=O) groups is 1. The van der Waals surface area contributed by atoms with Gasteiger partial charge in [-0.2, -0.15) is 0 Å². The third kappa shape index (κ3) is 3.78. The van der Waals surface area contributed by atoms with Crippen LogP contribution in [0.3, 0.4) is 0 Å². The predicted octanol–water partition coefficient (Wildman–Crippen LogP) is 5.39. The molecule has 26 heavy (non-hydrogen) atoms. The molecule has 1 fully saturated rings. The lowest BCUT2D eigenvalue weighted by molar-refractivity contribution is 0.0325. The molecule has 5 heteroatoms. The molecule has 2 aromatic carbocycles. The van der Waals surface area contributed by atoms with Crippen LogP contribution in [0.5, 0.6) is 0 Å². The zero-order valence-electron chi connectivity index (χ0n) is 14.7.